The van der Waals surface area contributed by atoms with Gasteiger partial charge in [0.25, 0.3) is 0 Å². The number of nitrogens with one attached hydrogen (secondary N) is 1. The molecule has 1 unspecified atom stereocenters. The van der Waals surface area contributed by atoms with Crippen LogP contribution in [0.3, 0.4) is 0 Å². The Bertz CT molecular complexity index is 415. The maximum absolute atomic E-state index is 12.3. The maximum atomic E-state index is 12.3. The molecule has 1 nitrogen and oxygen atoms in total. The van der Waals surface area contributed by atoms with Crippen LogP contribution in [0.5, 0.6) is 0 Å². The Kier molecular flexibility index (Phi) is 6.06. The summed E-state index contributed by atoms with van der Waals surface area (Å²) in [4.78, 5) is 0. The summed E-state index contributed by atoms with van der Waals surface area (Å²) < 4.78 is 36.9. The Hall–Kier alpha value is -1.03. The van der Waals surface area contributed by atoms with Crippen molar-refractivity contribution >= 4 is 0 Å². The molecule has 0 aliphatic heterocycles. The monoisotopic (exact) mass is 287 g/mol. The largest absolute Gasteiger partial charge is 0.389 e. The van der Waals surface area contributed by atoms with E-state index in [1.54, 1.807) is 0 Å². The van der Waals surface area contributed by atoms with Crippen molar-refractivity contribution in [1.82, 2.24) is 5.32 Å². The van der Waals surface area contributed by atoms with Crippen LogP contribution in [-0.4, -0.2) is 12.7 Å². The van der Waals surface area contributed by atoms with E-state index >= 15 is 0 Å². The number of halogens is 3. The van der Waals surface area contributed by atoms with Crippen molar-refractivity contribution in [2.24, 2.45) is 0 Å². The lowest BCUT2D eigenvalue weighted by Crippen LogP contribution is -2.23. The van der Waals surface area contributed by atoms with Gasteiger partial charge in [-0.2, -0.15) is 13.2 Å². The molecule has 1 rings (SSSR count). The van der Waals surface area contributed by atoms with Gasteiger partial charge in [0.1, 0.15) is 0 Å². The van der Waals surface area contributed by atoms with Crippen LogP contribution in [0.2, 0.25) is 0 Å². The van der Waals surface area contributed by atoms with Gasteiger partial charge in [-0.1, -0.05) is 24.6 Å². The first-order valence-electron chi connectivity index (χ1n) is 7.12. The van der Waals surface area contributed by atoms with E-state index in [0.29, 0.717) is 6.42 Å². The molecule has 0 fully saturated rings. The van der Waals surface area contributed by atoms with E-state index in [4.69, 9.17) is 0 Å². The molecule has 0 aliphatic carbocycles. The van der Waals surface area contributed by atoms with Crippen LogP contribution in [0.15, 0.2) is 12.1 Å². The molecule has 0 spiro atoms. The third kappa shape index (κ3) is 5.16. The van der Waals surface area contributed by atoms with Gasteiger partial charge >= 0.3 is 6.18 Å². The molecular formula is C16H24F3N. The molecule has 4 heteroatoms. The molecule has 0 saturated carbocycles. The number of rotatable bonds is 6. The van der Waals surface area contributed by atoms with Gasteiger partial charge < -0.3 is 5.32 Å². The summed E-state index contributed by atoms with van der Waals surface area (Å²) in [7, 11) is 0. The van der Waals surface area contributed by atoms with Crippen LogP contribution >= 0.6 is 0 Å². The Morgan fingerprint density at radius 2 is 1.65 bits per heavy atom. The molecule has 0 heterocycles. The predicted molar refractivity (Wildman–Crippen MR) is 77.0 cm³/mol. The first-order valence-corrected chi connectivity index (χ1v) is 7.12. The van der Waals surface area contributed by atoms with Crippen molar-refractivity contribution in [2.45, 2.75) is 59.2 Å². The molecule has 1 aromatic rings. The van der Waals surface area contributed by atoms with Crippen molar-refractivity contribution < 1.29 is 13.2 Å². The minimum atomic E-state index is -4.06. The average Bonchev–Trinajstić information content (AvgIpc) is 2.25. The number of alkyl halides is 3. The normalized spacial score (nSPS) is 13.6. The molecule has 1 N–H and O–H groups in total. The van der Waals surface area contributed by atoms with Crippen molar-refractivity contribution in [3.8, 4) is 0 Å². The van der Waals surface area contributed by atoms with E-state index in [0.717, 1.165) is 23.2 Å². The van der Waals surface area contributed by atoms with Gasteiger partial charge in [0.15, 0.2) is 0 Å². The first kappa shape index (κ1) is 17.0. The van der Waals surface area contributed by atoms with Crippen molar-refractivity contribution in [1.29, 1.82) is 0 Å². The summed E-state index contributed by atoms with van der Waals surface area (Å²) in [6, 6.07) is 4.19. The van der Waals surface area contributed by atoms with E-state index in [9.17, 15) is 13.2 Å². The summed E-state index contributed by atoms with van der Waals surface area (Å²) in [6.45, 7) is 8.83. The van der Waals surface area contributed by atoms with Gasteiger partial charge in [0, 0.05) is 12.5 Å². The van der Waals surface area contributed by atoms with E-state index in [1.165, 1.54) is 5.56 Å². The molecule has 0 bridgehead atoms. The van der Waals surface area contributed by atoms with Crippen LogP contribution in [0, 0.1) is 20.8 Å². The first-order chi connectivity index (χ1) is 9.24. The zero-order chi connectivity index (χ0) is 15.3. The molecular weight excluding hydrogens is 263 g/mol. The number of hydrogen-bond donors (Lipinski definition) is 1. The highest BCUT2D eigenvalue weighted by Gasteiger charge is 2.27. The third-order valence-electron chi connectivity index (χ3n) is 3.49. The van der Waals surface area contributed by atoms with Gasteiger partial charge in [0.05, 0.1) is 0 Å². The van der Waals surface area contributed by atoms with Crippen LogP contribution in [0.1, 0.15) is 54.5 Å². The fourth-order valence-corrected chi connectivity index (χ4v) is 2.84. The van der Waals surface area contributed by atoms with Crippen LogP contribution in [0.25, 0.3) is 0 Å². The Balaban J connectivity index is 2.86. The Morgan fingerprint density at radius 3 is 2.10 bits per heavy atom. The molecule has 0 amide bonds. The molecule has 0 radical (unpaired) electrons. The molecule has 114 valence electrons. The minimum absolute atomic E-state index is 0.00273. The molecule has 0 saturated heterocycles. The molecule has 20 heavy (non-hydrogen) atoms. The zero-order valence-electron chi connectivity index (χ0n) is 12.7. The molecule has 1 aromatic carbocycles. The number of aryl methyl sites for hydroxylation is 3. The van der Waals surface area contributed by atoms with E-state index in [2.05, 4.69) is 17.4 Å². The van der Waals surface area contributed by atoms with Gasteiger partial charge in [-0.05, 0) is 56.8 Å². The summed E-state index contributed by atoms with van der Waals surface area (Å²) in [5, 5.41) is 3.32. The zero-order valence-corrected chi connectivity index (χ0v) is 12.7. The highest BCUT2D eigenvalue weighted by molar-refractivity contribution is 5.39. The summed E-state index contributed by atoms with van der Waals surface area (Å²) in [5.74, 6) is 0. The van der Waals surface area contributed by atoms with Crippen LogP contribution in [-0.2, 0) is 0 Å². The fraction of sp³-hybridized carbons (Fsp3) is 0.625. The Labute approximate surface area is 119 Å². The fourth-order valence-electron chi connectivity index (χ4n) is 2.84. The predicted octanol–water partition coefficient (Wildman–Crippen LogP) is 5.00. The average molecular weight is 287 g/mol. The van der Waals surface area contributed by atoms with Gasteiger partial charge in [-0.15, -0.1) is 0 Å². The summed E-state index contributed by atoms with van der Waals surface area (Å²) >= 11 is 0. The smallest absolute Gasteiger partial charge is 0.310 e. The quantitative estimate of drug-likeness (QED) is 0.776. The standard InChI is InChI=1S/C16H24F3N/c1-5-20-14(7-6-8-16(17,18)19)15-12(3)9-11(2)10-13(15)4/h9-10,14,20H,5-8H2,1-4H3. The van der Waals surface area contributed by atoms with Crippen molar-refractivity contribution in [3.63, 3.8) is 0 Å². The highest BCUT2D eigenvalue weighted by atomic mass is 19.4. The Morgan fingerprint density at radius 1 is 1.10 bits per heavy atom. The molecule has 0 aromatic heterocycles. The maximum Gasteiger partial charge on any atom is 0.389 e. The molecule has 0 aliphatic rings. The lowest BCUT2D eigenvalue weighted by atomic mass is 9.91. The van der Waals surface area contributed by atoms with Crippen molar-refractivity contribution in [2.75, 3.05) is 6.54 Å². The lowest BCUT2D eigenvalue weighted by Gasteiger charge is -2.23. The topological polar surface area (TPSA) is 12.0 Å². The van der Waals surface area contributed by atoms with Crippen LogP contribution < -0.4 is 5.32 Å². The number of hydrogen-bond acceptors (Lipinski definition) is 1. The summed E-state index contributed by atoms with van der Waals surface area (Å²) in [6.07, 6.45) is -4.10. The second-order valence-electron chi connectivity index (χ2n) is 5.43. The van der Waals surface area contributed by atoms with Crippen LogP contribution in [0.4, 0.5) is 13.2 Å². The second kappa shape index (κ2) is 7.11. The third-order valence-corrected chi connectivity index (χ3v) is 3.49. The second-order valence-corrected chi connectivity index (χ2v) is 5.43. The van der Waals surface area contributed by atoms with Gasteiger partial charge in [-0.25, -0.2) is 0 Å². The summed E-state index contributed by atoms with van der Waals surface area (Å²) in [5.41, 5.74) is 4.65. The van der Waals surface area contributed by atoms with E-state index < -0.39 is 12.6 Å². The lowest BCUT2D eigenvalue weighted by molar-refractivity contribution is -0.135. The van der Waals surface area contributed by atoms with Gasteiger partial charge in [0.2, 0.25) is 0 Å². The van der Waals surface area contributed by atoms with Gasteiger partial charge in [-0.3, -0.25) is 0 Å². The van der Waals surface area contributed by atoms with E-state index in [1.807, 2.05) is 27.7 Å². The van der Waals surface area contributed by atoms with Crippen molar-refractivity contribution in [3.05, 3.63) is 34.4 Å². The minimum Gasteiger partial charge on any atom is -0.310 e. The van der Waals surface area contributed by atoms with E-state index in [-0.39, 0.29) is 12.5 Å². The molecule has 1 atom stereocenters. The number of benzene rings is 1. The highest BCUT2D eigenvalue weighted by Crippen LogP contribution is 2.30. The SMILES string of the molecule is CCNC(CCCC(F)(F)F)c1c(C)cc(C)cc1C.